The van der Waals surface area contributed by atoms with Crippen molar-refractivity contribution in [3.05, 3.63) is 64.8 Å². The Morgan fingerprint density at radius 1 is 1.37 bits per heavy atom. The Kier molecular flexibility index (Phi) is 4.91. The summed E-state index contributed by atoms with van der Waals surface area (Å²) in [7, 11) is 0. The summed E-state index contributed by atoms with van der Waals surface area (Å²) in [6.45, 7) is 2.76. The summed E-state index contributed by atoms with van der Waals surface area (Å²) in [6, 6.07) is 13.7. The van der Waals surface area contributed by atoms with Crippen LogP contribution in [-0.2, 0) is 16.0 Å². The van der Waals surface area contributed by atoms with Crippen LogP contribution < -0.4 is 5.73 Å². The number of nitrogens with zero attached hydrogens (tertiary/aromatic N) is 1. The van der Waals surface area contributed by atoms with Gasteiger partial charge in [0, 0.05) is 29.2 Å². The second kappa shape index (κ2) is 7.35. The molecule has 2 heterocycles. The minimum atomic E-state index is -0.556. The molecule has 27 heavy (non-hydrogen) atoms. The van der Waals surface area contributed by atoms with E-state index in [1.807, 2.05) is 42.6 Å². The van der Waals surface area contributed by atoms with Crippen LogP contribution in [0.1, 0.15) is 24.2 Å². The number of aldehydes is 1. The predicted octanol–water partition coefficient (Wildman–Crippen LogP) is 3.93. The summed E-state index contributed by atoms with van der Waals surface area (Å²) < 4.78 is 5.98. The molecule has 6 heteroatoms. The lowest BCUT2D eigenvalue weighted by Crippen LogP contribution is -2.40. The zero-order valence-corrected chi connectivity index (χ0v) is 15.8. The summed E-state index contributed by atoms with van der Waals surface area (Å²) >= 11 is 6.10. The maximum atomic E-state index is 11.6. The first-order valence-electron chi connectivity index (χ1n) is 9.03. The Morgan fingerprint density at radius 3 is 2.96 bits per heavy atom. The zero-order chi connectivity index (χ0) is 19.0. The van der Waals surface area contributed by atoms with Gasteiger partial charge in [0.15, 0.2) is 12.5 Å². The van der Waals surface area contributed by atoms with E-state index in [4.69, 9.17) is 22.1 Å². The van der Waals surface area contributed by atoms with E-state index in [-0.39, 0.29) is 12.1 Å². The second-order valence-corrected chi connectivity index (χ2v) is 7.48. The summed E-state index contributed by atoms with van der Waals surface area (Å²) in [5.74, 6) is 0. The van der Waals surface area contributed by atoms with Crippen LogP contribution in [0.15, 0.2) is 48.7 Å². The van der Waals surface area contributed by atoms with Gasteiger partial charge in [-0.2, -0.15) is 0 Å². The second-order valence-electron chi connectivity index (χ2n) is 7.04. The van der Waals surface area contributed by atoms with Crippen LogP contribution in [0, 0.1) is 0 Å². The minimum absolute atomic E-state index is 0.129. The van der Waals surface area contributed by atoms with Crippen LogP contribution in [0.25, 0.3) is 10.9 Å². The Hall–Kier alpha value is -2.34. The molecule has 1 fully saturated rings. The van der Waals surface area contributed by atoms with E-state index in [1.165, 1.54) is 5.56 Å². The topological polar surface area (TPSA) is 71.3 Å². The van der Waals surface area contributed by atoms with Gasteiger partial charge in [-0.25, -0.2) is 0 Å². The van der Waals surface area contributed by atoms with Crippen molar-refractivity contribution in [3.63, 3.8) is 0 Å². The van der Waals surface area contributed by atoms with Crippen LogP contribution in [0.3, 0.4) is 0 Å². The lowest BCUT2D eigenvalue weighted by atomic mass is 10.0. The number of benzene rings is 2. The molecule has 5 nitrogen and oxygen atoms in total. The third kappa shape index (κ3) is 3.46. The highest BCUT2D eigenvalue weighted by Gasteiger charge is 2.36. The normalized spacial score (nSPS) is 21.6. The number of halogens is 1. The number of H-pyrrole nitrogens is 1. The lowest BCUT2D eigenvalue weighted by Gasteiger charge is -2.25. The Morgan fingerprint density at radius 2 is 2.19 bits per heavy atom. The largest absolute Gasteiger partial charge is 0.397 e. The summed E-state index contributed by atoms with van der Waals surface area (Å²) in [4.78, 5) is 17.0. The van der Waals surface area contributed by atoms with Crippen molar-refractivity contribution >= 4 is 34.5 Å². The van der Waals surface area contributed by atoms with E-state index >= 15 is 0 Å². The molecule has 0 radical (unpaired) electrons. The molecule has 0 bridgehead atoms. The summed E-state index contributed by atoms with van der Waals surface area (Å²) in [5, 5.41) is 1.79. The Balaban J connectivity index is 1.54. The fraction of sp³-hybridized carbons (Fsp3) is 0.286. The summed E-state index contributed by atoms with van der Waals surface area (Å²) in [5.41, 5.74) is 9.91. The molecule has 140 valence electrons. The van der Waals surface area contributed by atoms with Crippen LogP contribution in [-0.4, -0.2) is 35.0 Å². The molecule has 0 aliphatic carbocycles. The van der Waals surface area contributed by atoms with E-state index in [2.05, 4.69) is 22.9 Å². The number of aromatic nitrogens is 1. The first-order chi connectivity index (χ1) is 13.1. The van der Waals surface area contributed by atoms with Crippen molar-refractivity contribution in [2.24, 2.45) is 0 Å². The van der Waals surface area contributed by atoms with Crippen molar-refractivity contribution < 1.29 is 9.53 Å². The number of nitrogens with one attached hydrogen (secondary N) is 1. The van der Waals surface area contributed by atoms with Crippen LogP contribution in [0.2, 0.25) is 5.02 Å². The molecule has 2 aromatic carbocycles. The molecule has 1 saturated heterocycles. The molecule has 1 aromatic heterocycles. The number of ether oxygens (including phenoxy) is 1. The molecule has 2 unspecified atom stereocenters. The number of rotatable bonds is 5. The highest BCUT2D eigenvalue weighted by Crippen LogP contribution is 2.32. The smallest absolute Gasteiger partial charge is 0.168 e. The van der Waals surface area contributed by atoms with Gasteiger partial charge in [-0.15, -0.1) is 0 Å². The highest BCUT2D eigenvalue weighted by atomic mass is 35.5. The number of anilines is 1. The van der Waals surface area contributed by atoms with Crippen LogP contribution >= 0.6 is 11.6 Å². The van der Waals surface area contributed by atoms with Gasteiger partial charge in [0.25, 0.3) is 0 Å². The summed E-state index contributed by atoms with van der Waals surface area (Å²) in [6.07, 6.45) is 2.94. The van der Waals surface area contributed by atoms with E-state index in [1.54, 1.807) is 0 Å². The molecule has 0 amide bonds. The third-order valence-corrected chi connectivity index (χ3v) is 5.49. The van der Waals surface area contributed by atoms with Gasteiger partial charge in [0.1, 0.15) is 0 Å². The van der Waals surface area contributed by atoms with Crippen molar-refractivity contribution in [2.75, 3.05) is 12.3 Å². The molecule has 3 atom stereocenters. The zero-order valence-electron chi connectivity index (χ0n) is 15.1. The average Bonchev–Trinajstić information content (AvgIpc) is 3.27. The Bertz CT molecular complexity index is 971. The van der Waals surface area contributed by atoms with Crippen molar-refractivity contribution in [1.82, 2.24) is 9.88 Å². The number of nitrogen functional groups attached to an aromatic ring is 1. The maximum absolute atomic E-state index is 11.6. The number of hydrogen-bond acceptors (Lipinski definition) is 4. The molecule has 1 aliphatic heterocycles. The number of hydrogen-bond donors (Lipinski definition) is 2. The lowest BCUT2D eigenvalue weighted by molar-refractivity contribution is -0.124. The van der Waals surface area contributed by atoms with Gasteiger partial charge in [-0.3, -0.25) is 9.69 Å². The molecule has 4 rings (SSSR count). The minimum Gasteiger partial charge on any atom is -0.397 e. The SMILES string of the molecule is C[C@H](Cc1c[nH]c2c(N)cccc12)N1CC(c2cccc(Cl)c2)OC1C=O. The number of para-hydroxylation sites is 1. The van der Waals surface area contributed by atoms with Gasteiger partial charge in [0.2, 0.25) is 0 Å². The molecular formula is C21H22ClN3O2. The van der Waals surface area contributed by atoms with Crippen molar-refractivity contribution in [1.29, 1.82) is 0 Å². The molecule has 1 aliphatic rings. The third-order valence-electron chi connectivity index (χ3n) is 5.26. The monoisotopic (exact) mass is 383 g/mol. The molecule has 0 spiro atoms. The fourth-order valence-corrected chi connectivity index (χ4v) is 4.06. The highest BCUT2D eigenvalue weighted by molar-refractivity contribution is 6.30. The molecule has 3 N–H and O–H groups in total. The first kappa shape index (κ1) is 18.0. The Labute approximate surface area is 163 Å². The number of aromatic amines is 1. The van der Waals surface area contributed by atoms with Crippen LogP contribution in [0.5, 0.6) is 0 Å². The molecule has 3 aromatic rings. The van der Waals surface area contributed by atoms with Gasteiger partial charge >= 0.3 is 0 Å². The average molecular weight is 384 g/mol. The van der Waals surface area contributed by atoms with E-state index in [9.17, 15) is 4.79 Å². The number of fused-ring (bicyclic) bond motifs is 1. The first-order valence-corrected chi connectivity index (χ1v) is 9.41. The van der Waals surface area contributed by atoms with Gasteiger partial charge < -0.3 is 15.5 Å². The van der Waals surface area contributed by atoms with E-state index in [0.717, 1.165) is 34.9 Å². The number of carbonyl (C=O) groups excluding carboxylic acids is 1. The molecular weight excluding hydrogens is 362 g/mol. The standard InChI is InChI=1S/C21H22ClN3O2/c1-13(8-15-10-24-21-17(15)6-3-7-18(21)23)25-11-19(27-20(25)12-26)14-4-2-5-16(22)9-14/h2-7,9-10,12-13,19-20,24H,8,11,23H2,1H3/t13-,19?,20?/m1/s1. The number of carbonyl (C=O) groups is 1. The van der Waals surface area contributed by atoms with Gasteiger partial charge in [0.05, 0.1) is 17.3 Å². The number of nitrogens with two attached hydrogens (primary N) is 1. The van der Waals surface area contributed by atoms with Crippen LogP contribution in [0.4, 0.5) is 5.69 Å². The quantitative estimate of drug-likeness (QED) is 0.517. The molecule has 0 saturated carbocycles. The van der Waals surface area contributed by atoms with Gasteiger partial charge in [-0.05, 0) is 42.7 Å². The van der Waals surface area contributed by atoms with Crippen molar-refractivity contribution in [3.8, 4) is 0 Å². The van der Waals surface area contributed by atoms with Gasteiger partial charge in [-0.1, -0.05) is 35.9 Å². The van der Waals surface area contributed by atoms with E-state index < -0.39 is 6.23 Å². The van der Waals surface area contributed by atoms with E-state index in [0.29, 0.717) is 11.6 Å². The fourth-order valence-electron chi connectivity index (χ4n) is 3.86. The van der Waals surface area contributed by atoms with Crippen molar-refractivity contribution in [2.45, 2.75) is 31.7 Å². The maximum Gasteiger partial charge on any atom is 0.168 e. The predicted molar refractivity (Wildman–Crippen MR) is 108 cm³/mol.